The summed E-state index contributed by atoms with van der Waals surface area (Å²) in [5.41, 5.74) is 0.821. The Labute approximate surface area is 127 Å². The van der Waals surface area contributed by atoms with E-state index in [2.05, 4.69) is 9.97 Å². The maximum absolute atomic E-state index is 12.0. The molecular weight excluding hydrogens is 286 g/mol. The number of hydrogen-bond donors (Lipinski definition) is 1. The van der Waals surface area contributed by atoms with Crippen molar-refractivity contribution in [2.24, 2.45) is 0 Å². The molecular formula is C15H15N3O4. The summed E-state index contributed by atoms with van der Waals surface area (Å²) in [6, 6.07) is 10.8. The third-order valence-corrected chi connectivity index (χ3v) is 2.74. The number of aromatic nitrogens is 2. The lowest BCUT2D eigenvalue weighted by atomic mass is 10.2. The first-order chi connectivity index (χ1) is 10.6. The summed E-state index contributed by atoms with van der Waals surface area (Å²) in [5.74, 6) is -0.784. The molecule has 1 N–H and O–H groups in total. The standard InChI is InChI=1S/C15H15N3O4/c19-14(20)10-18(9-13-16-7-4-8-17-13)15(21)22-11-12-5-2-1-3-6-12/h1-8H,9-11H2,(H,19,20). The van der Waals surface area contributed by atoms with Crippen molar-refractivity contribution in [3.63, 3.8) is 0 Å². The molecule has 1 aromatic carbocycles. The van der Waals surface area contributed by atoms with E-state index in [9.17, 15) is 9.59 Å². The maximum Gasteiger partial charge on any atom is 0.411 e. The predicted molar refractivity (Wildman–Crippen MR) is 76.7 cm³/mol. The zero-order valence-corrected chi connectivity index (χ0v) is 11.8. The summed E-state index contributed by atoms with van der Waals surface area (Å²) in [5, 5.41) is 8.91. The smallest absolute Gasteiger partial charge is 0.411 e. The number of hydrogen-bond acceptors (Lipinski definition) is 5. The Morgan fingerprint density at radius 1 is 1.09 bits per heavy atom. The minimum Gasteiger partial charge on any atom is -0.480 e. The first kappa shape index (κ1) is 15.4. The van der Waals surface area contributed by atoms with E-state index in [-0.39, 0.29) is 13.2 Å². The average Bonchev–Trinajstić information content (AvgIpc) is 2.53. The van der Waals surface area contributed by atoms with Crippen molar-refractivity contribution < 1.29 is 19.4 Å². The van der Waals surface area contributed by atoms with Crippen LogP contribution in [0.2, 0.25) is 0 Å². The summed E-state index contributed by atoms with van der Waals surface area (Å²) >= 11 is 0. The fraction of sp³-hybridized carbons (Fsp3) is 0.200. The van der Waals surface area contributed by atoms with E-state index in [1.54, 1.807) is 6.07 Å². The molecule has 0 aliphatic carbocycles. The van der Waals surface area contributed by atoms with Gasteiger partial charge < -0.3 is 9.84 Å². The first-order valence-corrected chi connectivity index (χ1v) is 6.58. The first-order valence-electron chi connectivity index (χ1n) is 6.58. The molecule has 7 nitrogen and oxygen atoms in total. The van der Waals surface area contributed by atoms with E-state index in [0.717, 1.165) is 10.5 Å². The summed E-state index contributed by atoms with van der Waals surface area (Å²) in [6.45, 7) is -0.432. The fourth-order valence-electron chi connectivity index (χ4n) is 1.74. The second-order valence-electron chi connectivity index (χ2n) is 4.46. The van der Waals surface area contributed by atoms with Crippen LogP contribution >= 0.6 is 0 Å². The van der Waals surface area contributed by atoms with Crippen molar-refractivity contribution >= 4 is 12.1 Å². The Balaban J connectivity index is 1.98. The van der Waals surface area contributed by atoms with E-state index in [0.29, 0.717) is 5.82 Å². The van der Waals surface area contributed by atoms with E-state index >= 15 is 0 Å². The molecule has 0 aliphatic rings. The predicted octanol–water partition coefficient (Wildman–Crippen LogP) is 1.70. The summed E-state index contributed by atoms with van der Waals surface area (Å²) in [7, 11) is 0. The fourth-order valence-corrected chi connectivity index (χ4v) is 1.74. The highest BCUT2D eigenvalue weighted by atomic mass is 16.6. The molecule has 1 aromatic heterocycles. The van der Waals surface area contributed by atoms with E-state index in [1.807, 2.05) is 30.3 Å². The molecule has 0 saturated carbocycles. The van der Waals surface area contributed by atoms with Crippen LogP contribution in [-0.2, 0) is 22.7 Å². The number of rotatable bonds is 6. The van der Waals surface area contributed by atoms with Gasteiger partial charge in [-0.25, -0.2) is 14.8 Å². The number of carbonyl (C=O) groups excluding carboxylic acids is 1. The lowest BCUT2D eigenvalue weighted by Gasteiger charge is -2.19. The van der Waals surface area contributed by atoms with Crippen molar-refractivity contribution in [3.05, 3.63) is 60.2 Å². The summed E-state index contributed by atoms with van der Waals surface area (Å²) in [6.07, 6.45) is 2.33. The number of carboxylic acids is 1. The lowest BCUT2D eigenvalue weighted by Crippen LogP contribution is -2.36. The Bertz CT molecular complexity index is 619. The van der Waals surface area contributed by atoms with Gasteiger partial charge >= 0.3 is 12.1 Å². The number of aliphatic carboxylic acids is 1. The zero-order chi connectivity index (χ0) is 15.8. The monoisotopic (exact) mass is 301 g/mol. The van der Waals surface area contributed by atoms with E-state index in [1.165, 1.54) is 12.4 Å². The van der Waals surface area contributed by atoms with Gasteiger partial charge in [-0.05, 0) is 11.6 Å². The van der Waals surface area contributed by atoms with Crippen LogP contribution in [0.4, 0.5) is 4.79 Å². The highest BCUT2D eigenvalue weighted by molar-refractivity contribution is 5.76. The maximum atomic E-state index is 12.0. The number of carbonyl (C=O) groups is 2. The molecule has 0 spiro atoms. The molecule has 7 heteroatoms. The van der Waals surface area contributed by atoms with Crippen molar-refractivity contribution in [1.82, 2.24) is 14.9 Å². The Hall–Kier alpha value is -2.96. The Kier molecular flexibility index (Phi) is 5.42. The van der Waals surface area contributed by atoms with E-state index in [4.69, 9.17) is 9.84 Å². The van der Waals surface area contributed by atoms with Crippen LogP contribution in [0, 0.1) is 0 Å². The number of carboxylic acid groups (broad SMARTS) is 1. The quantitative estimate of drug-likeness (QED) is 0.873. The Morgan fingerprint density at radius 3 is 2.41 bits per heavy atom. The molecule has 22 heavy (non-hydrogen) atoms. The van der Waals surface area contributed by atoms with Gasteiger partial charge in [-0.15, -0.1) is 0 Å². The molecule has 1 amide bonds. The van der Waals surface area contributed by atoms with Crippen LogP contribution in [0.25, 0.3) is 0 Å². The molecule has 0 aliphatic heterocycles. The minimum atomic E-state index is -1.13. The van der Waals surface area contributed by atoms with Crippen molar-refractivity contribution in [2.45, 2.75) is 13.2 Å². The third kappa shape index (κ3) is 4.86. The summed E-state index contributed by atoms with van der Waals surface area (Å²) in [4.78, 5) is 31.9. The number of nitrogens with zero attached hydrogens (tertiary/aromatic N) is 3. The van der Waals surface area contributed by atoms with Gasteiger partial charge in [-0.1, -0.05) is 30.3 Å². The van der Waals surface area contributed by atoms with Crippen LogP contribution in [0.5, 0.6) is 0 Å². The molecule has 0 fully saturated rings. The molecule has 0 saturated heterocycles. The van der Waals surface area contributed by atoms with Gasteiger partial charge in [0.2, 0.25) is 0 Å². The molecule has 0 atom stereocenters. The zero-order valence-electron chi connectivity index (χ0n) is 11.8. The highest BCUT2D eigenvalue weighted by Gasteiger charge is 2.19. The van der Waals surface area contributed by atoms with Gasteiger partial charge in [0.1, 0.15) is 19.0 Å². The molecule has 114 valence electrons. The second kappa shape index (κ2) is 7.72. The van der Waals surface area contributed by atoms with Gasteiger partial charge in [0, 0.05) is 12.4 Å². The molecule has 0 unspecified atom stereocenters. The van der Waals surface area contributed by atoms with Crippen LogP contribution < -0.4 is 0 Å². The molecule has 2 aromatic rings. The van der Waals surface area contributed by atoms with Crippen LogP contribution in [0.3, 0.4) is 0 Å². The van der Waals surface area contributed by atoms with Crippen LogP contribution in [0.1, 0.15) is 11.4 Å². The minimum absolute atomic E-state index is 0.0270. The molecule has 1 heterocycles. The van der Waals surface area contributed by atoms with Crippen molar-refractivity contribution in [1.29, 1.82) is 0 Å². The van der Waals surface area contributed by atoms with Gasteiger partial charge in [-0.2, -0.15) is 0 Å². The highest BCUT2D eigenvalue weighted by Crippen LogP contribution is 2.05. The normalized spacial score (nSPS) is 10.0. The van der Waals surface area contributed by atoms with Gasteiger partial charge in [0.15, 0.2) is 0 Å². The van der Waals surface area contributed by atoms with Crippen LogP contribution in [-0.4, -0.2) is 38.6 Å². The number of ether oxygens (including phenoxy) is 1. The topological polar surface area (TPSA) is 92.6 Å². The van der Waals surface area contributed by atoms with Crippen LogP contribution in [0.15, 0.2) is 48.8 Å². The number of benzene rings is 1. The third-order valence-electron chi connectivity index (χ3n) is 2.74. The largest absolute Gasteiger partial charge is 0.480 e. The average molecular weight is 301 g/mol. The van der Waals surface area contributed by atoms with Crippen molar-refractivity contribution in [3.8, 4) is 0 Å². The molecule has 0 bridgehead atoms. The van der Waals surface area contributed by atoms with E-state index < -0.39 is 18.6 Å². The molecule has 2 rings (SSSR count). The van der Waals surface area contributed by atoms with Gasteiger partial charge in [-0.3, -0.25) is 9.69 Å². The number of amides is 1. The van der Waals surface area contributed by atoms with Crippen molar-refractivity contribution in [2.75, 3.05) is 6.54 Å². The lowest BCUT2D eigenvalue weighted by molar-refractivity contribution is -0.138. The molecule has 0 radical (unpaired) electrons. The summed E-state index contributed by atoms with van der Waals surface area (Å²) < 4.78 is 5.13. The Morgan fingerprint density at radius 2 is 1.77 bits per heavy atom. The van der Waals surface area contributed by atoms with Gasteiger partial charge in [0.05, 0.1) is 6.54 Å². The second-order valence-corrected chi connectivity index (χ2v) is 4.46. The SMILES string of the molecule is O=C(O)CN(Cc1ncccn1)C(=O)OCc1ccccc1. The van der Waals surface area contributed by atoms with Gasteiger partial charge in [0.25, 0.3) is 0 Å².